The van der Waals surface area contributed by atoms with Crippen LogP contribution >= 0.6 is 0 Å². The summed E-state index contributed by atoms with van der Waals surface area (Å²) in [5, 5.41) is 0. The molecule has 0 aromatic carbocycles. The molecule has 2 heterocycles. The van der Waals surface area contributed by atoms with E-state index < -0.39 is 0 Å². The fourth-order valence-electron chi connectivity index (χ4n) is 1.51. The minimum atomic E-state index is 0.352. The van der Waals surface area contributed by atoms with Gasteiger partial charge < -0.3 is 10.5 Å². The van der Waals surface area contributed by atoms with Crippen molar-refractivity contribution in [3.63, 3.8) is 0 Å². The van der Waals surface area contributed by atoms with E-state index in [9.17, 15) is 0 Å². The van der Waals surface area contributed by atoms with Crippen LogP contribution in [0.2, 0.25) is 0 Å². The van der Waals surface area contributed by atoms with Crippen molar-refractivity contribution in [1.29, 1.82) is 0 Å². The second-order valence-electron chi connectivity index (χ2n) is 4.02. The number of hydrogen-bond acceptors (Lipinski definition) is 5. The maximum absolute atomic E-state index is 5.79. The van der Waals surface area contributed by atoms with Crippen LogP contribution in [0.4, 0.5) is 5.82 Å². The van der Waals surface area contributed by atoms with E-state index in [0.29, 0.717) is 29.9 Å². The maximum Gasteiger partial charge on any atom is 0.319 e. The number of rotatable bonds is 3. The summed E-state index contributed by atoms with van der Waals surface area (Å²) in [6, 6.07) is 4.02. The minimum Gasteiger partial charge on any atom is -0.463 e. The molecule has 0 saturated heterocycles. The van der Waals surface area contributed by atoms with Gasteiger partial charge >= 0.3 is 6.01 Å². The largest absolute Gasteiger partial charge is 0.463 e. The topological polar surface area (TPSA) is 73.9 Å². The summed E-state index contributed by atoms with van der Waals surface area (Å²) < 4.78 is 5.49. The highest BCUT2D eigenvalue weighted by Gasteiger charge is 2.22. The molecule has 0 unspecified atom stereocenters. The lowest BCUT2D eigenvalue weighted by atomic mass is 10.3. The quantitative estimate of drug-likeness (QED) is 0.839. The first-order valence-corrected chi connectivity index (χ1v) is 5.34. The molecule has 2 aromatic heterocycles. The van der Waals surface area contributed by atoms with Crippen LogP contribution in [0.25, 0.3) is 11.0 Å². The number of nitrogen functional groups attached to an aromatic ring is 1. The highest BCUT2D eigenvalue weighted by molar-refractivity contribution is 5.83. The van der Waals surface area contributed by atoms with Crippen molar-refractivity contribution in [2.75, 3.05) is 12.3 Å². The van der Waals surface area contributed by atoms with Gasteiger partial charge in [0, 0.05) is 6.20 Å². The summed E-state index contributed by atoms with van der Waals surface area (Å²) in [6.07, 6.45) is 4.15. The maximum atomic E-state index is 5.79. The molecule has 16 heavy (non-hydrogen) atoms. The predicted molar refractivity (Wildman–Crippen MR) is 60.0 cm³/mol. The molecule has 5 heteroatoms. The summed E-state index contributed by atoms with van der Waals surface area (Å²) >= 11 is 0. The van der Waals surface area contributed by atoms with Gasteiger partial charge in [-0.2, -0.15) is 9.97 Å². The summed E-state index contributed by atoms with van der Waals surface area (Å²) in [5.41, 5.74) is 7.13. The van der Waals surface area contributed by atoms with Crippen molar-refractivity contribution in [1.82, 2.24) is 15.0 Å². The average molecular weight is 216 g/mol. The molecule has 1 aliphatic rings. The molecular formula is C11H12N4O. The Morgan fingerprint density at radius 2 is 2.25 bits per heavy atom. The third-order valence-corrected chi connectivity index (χ3v) is 2.61. The van der Waals surface area contributed by atoms with E-state index in [-0.39, 0.29) is 0 Å². The molecule has 3 rings (SSSR count). The molecule has 82 valence electrons. The number of hydrogen-bond donors (Lipinski definition) is 1. The molecule has 0 radical (unpaired) electrons. The van der Waals surface area contributed by atoms with E-state index in [1.54, 1.807) is 6.20 Å². The van der Waals surface area contributed by atoms with Crippen LogP contribution in [0.15, 0.2) is 18.3 Å². The van der Waals surface area contributed by atoms with Crippen molar-refractivity contribution in [2.45, 2.75) is 12.8 Å². The first kappa shape index (κ1) is 9.33. The molecule has 0 atom stereocenters. The minimum absolute atomic E-state index is 0.352. The molecule has 0 bridgehead atoms. The Morgan fingerprint density at radius 3 is 3.06 bits per heavy atom. The van der Waals surface area contributed by atoms with Crippen LogP contribution in [0, 0.1) is 5.92 Å². The third kappa shape index (κ3) is 1.76. The Labute approximate surface area is 92.7 Å². The SMILES string of the molecule is Nc1nc(OCC2CC2)nc2cccnc12. The number of anilines is 1. The summed E-state index contributed by atoms with van der Waals surface area (Å²) in [4.78, 5) is 12.5. The van der Waals surface area contributed by atoms with Gasteiger partial charge in [-0.1, -0.05) is 0 Å². The second kappa shape index (κ2) is 3.59. The Balaban J connectivity index is 1.92. The monoisotopic (exact) mass is 216 g/mol. The second-order valence-corrected chi connectivity index (χ2v) is 4.02. The van der Waals surface area contributed by atoms with Crippen molar-refractivity contribution in [2.24, 2.45) is 5.92 Å². The van der Waals surface area contributed by atoms with Crippen molar-refractivity contribution in [3.8, 4) is 6.01 Å². The normalized spacial score (nSPS) is 15.2. The molecule has 0 amide bonds. The zero-order valence-corrected chi connectivity index (χ0v) is 8.76. The number of nitrogens with zero attached hydrogens (tertiary/aromatic N) is 3. The van der Waals surface area contributed by atoms with Crippen molar-refractivity contribution < 1.29 is 4.74 Å². The van der Waals surface area contributed by atoms with Gasteiger partial charge in [0.2, 0.25) is 0 Å². The Morgan fingerprint density at radius 1 is 1.38 bits per heavy atom. The molecule has 5 nitrogen and oxygen atoms in total. The fourth-order valence-corrected chi connectivity index (χ4v) is 1.51. The first-order chi connectivity index (χ1) is 7.83. The number of fused-ring (bicyclic) bond motifs is 1. The van der Waals surface area contributed by atoms with E-state index in [4.69, 9.17) is 10.5 Å². The predicted octanol–water partition coefficient (Wildman–Crippen LogP) is 1.40. The zero-order valence-electron chi connectivity index (χ0n) is 8.76. The van der Waals surface area contributed by atoms with Gasteiger partial charge in [0.05, 0.1) is 12.1 Å². The Hall–Kier alpha value is -1.91. The summed E-state index contributed by atoms with van der Waals surface area (Å²) in [5.74, 6) is 1.05. The molecule has 1 fully saturated rings. The zero-order chi connectivity index (χ0) is 11.0. The Bertz CT molecular complexity index is 524. The van der Waals surface area contributed by atoms with Gasteiger partial charge in [0.15, 0.2) is 5.82 Å². The van der Waals surface area contributed by atoms with Crippen LogP contribution in [0.5, 0.6) is 6.01 Å². The van der Waals surface area contributed by atoms with Gasteiger partial charge in [-0.15, -0.1) is 0 Å². The van der Waals surface area contributed by atoms with Gasteiger partial charge in [-0.05, 0) is 30.9 Å². The molecular weight excluding hydrogens is 204 g/mol. The van der Waals surface area contributed by atoms with E-state index >= 15 is 0 Å². The average Bonchev–Trinajstić information content (AvgIpc) is 3.10. The fraction of sp³-hybridized carbons (Fsp3) is 0.364. The van der Waals surface area contributed by atoms with Crippen LogP contribution < -0.4 is 10.5 Å². The molecule has 2 aromatic rings. The van der Waals surface area contributed by atoms with Crippen LogP contribution in [-0.2, 0) is 0 Å². The van der Waals surface area contributed by atoms with Crippen LogP contribution in [-0.4, -0.2) is 21.6 Å². The standard InChI is InChI=1S/C11H12N4O/c12-10-9-8(2-1-5-13-9)14-11(15-10)16-6-7-3-4-7/h1-2,5,7H,3-4,6H2,(H2,12,14,15). The van der Waals surface area contributed by atoms with Crippen LogP contribution in [0.3, 0.4) is 0 Å². The first-order valence-electron chi connectivity index (χ1n) is 5.34. The van der Waals surface area contributed by atoms with Gasteiger partial charge in [0.1, 0.15) is 5.52 Å². The third-order valence-electron chi connectivity index (χ3n) is 2.61. The van der Waals surface area contributed by atoms with Gasteiger partial charge in [-0.3, -0.25) is 4.98 Å². The molecule has 1 aliphatic carbocycles. The van der Waals surface area contributed by atoms with Crippen LogP contribution in [0.1, 0.15) is 12.8 Å². The molecule has 0 spiro atoms. The molecule has 0 aliphatic heterocycles. The molecule has 1 saturated carbocycles. The highest BCUT2D eigenvalue weighted by atomic mass is 16.5. The summed E-state index contributed by atoms with van der Waals surface area (Å²) in [7, 11) is 0. The number of ether oxygens (including phenoxy) is 1. The van der Waals surface area contributed by atoms with E-state index in [1.807, 2.05) is 12.1 Å². The van der Waals surface area contributed by atoms with Crippen molar-refractivity contribution >= 4 is 16.9 Å². The van der Waals surface area contributed by atoms with E-state index in [0.717, 1.165) is 5.52 Å². The lowest BCUT2D eigenvalue weighted by molar-refractivity contribution is 0.278. The van der Waals surface area contributed by atoms with Crippen molar-refractivity contribution in [3.05, 3.63) is 18.3 Å². The lowest BCUT2D eigenvalue weighted by Crippen LogP contribution is -2.05. The number of nitrogens with two attached hydrogens (primary N) is 1. The molecule has 2 N–H and O–H groups in total. The van der Waals surface area contributed by atoms with E-state index in [1.165, 1.54) is 12.8 Å². The van der Waals surface area contributed by atoms with E-state index in [2.05, 4.69) is 15.0 Å². The smallest absolute Gasteiger partial charge is 0.319 e. The lowest BCUT2D eigenvalue weighted by Gasteiger charge is -2.05. The highest BCUT2D eigenvalue weighted by Crippen LogP contribution is 2.29. The van der Waals surface area contributed by atoms with Gasteiger partial charge in [0.25, 0.3) is 0 Å². The summed E-state index contributed by atoms with van der Waals surface area (Å²) in [6.45, 7) is 0.686. The van der Waals surface area contributed by atoms with Gasteiger partial charge in [-0.25, -0.2) is 0 Å². The number of pyridine rings is 1. The Kier molecular flexibility index (Phi) is 2.09. The number of aromatic nitrogens is 3.